The van der Waals surface area contributed by atoms with Gasteiger partial charge in [0.2, 0.25) is 0 Å². The number of aliphatic imine (C=N–C) groups is 1. The van der Waals surface area contributed by atoms with Crippen molar-refractivity contribution in [3.05, 3.63) is 28.2 Å². The fourth-order valence-corrected chi connectivity index (χ4v) is 3.56. The van der Waals surface area contributed by atoms with Crippen LogP contribution in [0, 0.1) is 5.82 Å². The average Bonchev–Trinajstić information content (AvgIpc) is 2.36. The number of hydrogen-bond donors (Lipinski definition) is 0. The van der Waals surface area contributed by atoms with Gasteiger partial charge in [0.1, 0.15) is 34.5 Å². The largest absolute Gasteiger partial charge is 0.267 e. The molecule has 7 heteroatoms. The minimum absolute atomic E-state index is 0.104. The van der Waals surface area contributed by atoms with Crippen molar-refractivity contribution in [1.82, 2.24) is 4.98 Å². The van der Waals surface area contributed by atoms with Crippen LogP contribution in [0.4, 0.5) is 13.2 Å². The highest BCUT2D eigenvalue weighted by Crippen LogP contribution is 2.42. The van der Waals surface area contributed by atoms with Crippen molar-refractivity contribution in [1.29, 1.82) is 0 Å². The lowest BCUT2D eigenvalue weighted by Gasteiger charge is -2.36. The number of alkyl halides is 2. The summed E-state index contributed by atoms with van der Waals surface area (Å²) in [6, 6.07) is 2.62. The summed E-state index contributed by atoms with van der Waals surface area (Å²) in [6.07, 6.45) is -1.64. The van der Waals surface area contributed by atoms with Crippen molar-refractivity contribution in [2.24, 2.45) is 4.99 Å². The maximum Gasteiger partial charge on any atom is 0.147 e. The molecule has 0 unspecified atom stereocenters. The second-order valence-electron chi connectivity index (χ2n) is 4.46. The summed E-state index contributed by atoms with van der Waals surface area (Å²) in [7, 11) is 0. The molecule has 0 saturated carbocycles. The van der Waals surface area contributed by atoms with E-state index in [2.05, 4.69) is 25.9 Å². The molecule has 0 spiro atoms. The molecule has 0 radical (unpaired) electrons. The molecule has 0 aromatic carbocycles. The van der Waals surface area contributed by atoms with Crippen LogP contribution in [-0.2, 0) is 5.54 Å². The minimum atomic E-state index is -1.64. The smallest absolute Gasteiger partial charge is 0.147 e. The zero-order chi connectivity index (χ0) is 14.2. The van der Waals surface area contributed by atoms with E-state index in [0.717, 1.165) is 11.8 Å². The molecule has 0 aliphatic carbocycles. The topological polar surface area (TPSA) is 25.2 Å². The summed E-state index contributed by atoms with van der Waals surface area (Å²) < 4.78 is 41.7. The number of halogens is 4. The highest BCUT2D eigenvalue weighted by molar-refractivity contribution is 9.10. The second-order valence-corrected chi connectivity index (χ2v) is 6.70. The van der Waals surface area contributed by atoms with Gasteiger partial charge in [-0.3, -0.25) is 4.99 Å². The molecule has 0 fully saturated rings. The van der Waals surface area contributed by atoms with Crippen LogP contribution in [0.5, 0.6) is 0 Å². The maximum atomic E-state index is 14.5. The van der Waals surface area contributed by atoms with Gasteiger partial charge >= 0.3 is 0 Å². The Balaban J connectivity index is 2.56. The van der Waals surface area contributed by atoms with Gasteiger partial charge in [0, 0.05) is 0 Å². The van der Waals surface area contributed by atoms with Crippen molar-refractivity contribution in [2.75, 3.05) is 6.67 Å². The number of pyridine rings is 1. The van der Waals surface area contributed by atoms with Gasteiger partial charge in [-0.05, 0) is 41.9 Å². The summed E-state index contributed by atoms with van der Waals surface area (Å²) in [5, 5.41) is -0.358. The molecule has 2 heterocycles. The molecule has 2 nitrogen and oxygen atoms in total. The minimum Gasteiger partial charge on any atom is -0.267 e. The molecule has 1 aromatic heterocycles. The summed E-state index contributed by atoms with van der Waals surface area (Å²) in [5.41, 5.74) is -1.60. The normalized spacial score (nSPS) is 31.2. The second kappa shape index (κ2) is 5.44. The van der Waals surface area contributed by atoms with Crippen LogP contribution in [0.2, 0.25) is 0 Å². The average molecular weight is 353 g/mol. The standard InChI is InChI=1S/C12H12BrF3N2S/c1-6-18-12(2,10(16)8(5-14)19-6)11-7(15)3-4-9(13)17-11/h3-4,8,10H,5H2,1-2H3/t8-,10+,12+/m1/s1. The van der Waals surface area contributed by atoms with E-state index in [4.69, 9.17) is 0 Å². The lowest BCUT2D eigenvalue weighted by atomic mass is 9.89. The van der Waals surface area contributed by atoms with Gasteiger partial charge in [-0.25, -0.2) is 18.2 Å². The van der Waals surface area contributed by atoms with Gasteiger partial charge in [0.25, 0.3) is 0 Å². The van der Waals surface area contributed by atoms with Gasteiger partial charge in [0.05, 0.1) is 10.3 Å². The third-order valence-corrected chi connectivity index (χ3v) is 4.56. The van der Waals surface area contributed by atoms with Gasteiger partial charge < -0.3 is 0 Å². The first-order valence-corrected chi connectivity index (χ1v) is 7.31. The first kappa shape index (κ1) is 14.8. The van der Waals surface area contributed by atoms with Crippen LogP contribution >= 0.6 is 27.7 Å². The van der Waals surface area contributed by atoms with Crippen molar-refractivity contribution in [3.8, 4) is 0 Å². The van der Waals surface area contributed by atoms with E-state index in [1.54, 1.807) is 6.92 Å². The van der Waals surface area contributed by atoms with E-state index in [1.165, 1.54) is 19.1 Å². The maximum absolute atomic E-state index is 14.5. The first-order valence-electron chi connectivity index (χ1n) is 5.64. The number of nitrogens with zero attached hydrogens (tertiary/aromatic N) is 2. The fraction of sp³-hybridized carbons (Fsp3) is 0.500. The molecule has 1 aromatic rings. The number of aromatic nitrogens is 1. The quantitative estimate of drug-likeness (QED) is 0.750. The Kier molecular flexibility index (Phi) is 4.25. The molecular formula is C12H12BrF3N2S. The molecule has 0 bridgehead atoms. The van der Waals surface area contributed by atoms with Crippen LogP contribution in [-0.4, -0.2) is 28.1 Å². The molecule has 104 valence electrons. The molecule has 0 amide bonds. The molecule has 2 rings (SSSR count). The Morgan fingerprint density at radius 2 is 2.16 bits per heavy atom. The van der Waals surface area contributed by atoms with E-state index in [0.29, 0.717) is 9.65 Å². The third-order valence-electron chi connectivity index (χ3n) is 3.02. The molecule has 3 atom stereocenters. The van der Waals surface area contributed by atoms with Crippen molar-refractivity contribution >= 4 is 32.7 Å². The summed E-state index contributed by atoms with van der Waals surface area (Å²) in [5.74, 6) is -0.644. The third kappa shape index (κ3) is 2.67. The van der Waals surface area contributed by atoms with Crippen LogP contribution < -0.4 is 0 Å². The van der Waals surface area contributed by atoms with Crippen LogP contribution in [0.25, 0.3) is 0 Å². The van der Waals surface area contributed by atoms with Gasteiger partial charge in [-0.2, -0.15) is 0 Å². The summed E-state index contributed by atoms with van der Waals surface area (Å²) in [6.45, 7) is 2.28. The highest BCUT2D eigenvalue weighted by Gasteiger charge is 2.47. The van der Waals surface area contributed by atoms with E-state index in [9.17, 15) is 13.2 Å². The molecule has 0 saturated heterocycles. The fourth-order valence-electron chi connectivity index (χ4n) is 2.12. The van der Waals surface area contributed by atoms with Crippen molar-refractivity contribution in [2.45, 2.75) is 30.8 Å². The summed E-state index contributed by atoms with van der Waals surface area (Å²) in [4.78, 5) is 8.16. The van der Waals surface area contributed by atoms with E-state index < -0.39 is 29.5 Å². The molecule has 1 aliphatic heterocycles. The number of thioether (sulfide) groups is 1. The monoisotopic (exact) mass is 352 g/mol. The Bertz CT molecular complexity index is 526. The number of rotatable bonds is 2. The number of hydrogen-bond acceptors (Lipinski definition) is 3. The van der Waals surface area contributed by atoms with Crippen LogP contribution in [0.1, 0.15) is 19.5 Å². The predicted octanol–water partition coefficient (Wildman–Crippen LogP) is 4.04. The summed E-state index contributed by atoms with van der Waals surface area (Å²) >= 11 is 4.17. The molecule has 19 heavy (non-hydrogen) atoms. The van der Waals surface area contributed by atoms with Gasteiger partial charge in [0.15, 0.2) is 0 Å². The Morgan fingerprint density at radius 1 is 1.47 bits per heavy atom. The van der Waals surface area contributed by atoms with Crippen molar-refractivity contribution in [3.63, 3.8) is 0 Å². The molecule has 0 N–H and O–H groups in total. The Hall–Kier alpha value is -0.560. The van der Waals surface area contributed by atoms with E-state index in [1.807, 2.05) is 0 Å². The van der Waals surface area contributed by atoms with Crippen LogP contribution in [0.3, 0.4) is 0 Å². The molecule has 1 aliphatic rings. The highest BCUT2D eigenvalue weighted by atomic mass is 79.9. The van der Waals surface area contributed by atoms with Crippen molar-refractivity contribution < 1.29 is 13.2 Å². The van der Waals surface area contributed by atoms with E-state index in [-0.39, 0.29) is 5.69 Å². The van der Waals surface area contributed by atoms with Gasteiger partial charge in [-0.1, -0.05) is 0 Å². The Morgan fingerprint density at radius 3 is 2.79 bits per heavy atom. The van der Waals surface area contributed by atoms with E-state index >= 15 is 0 Å². The SMILES string of the molecule is CC1=N[C@](C)(c2nc(Br)ccc2F)[C@@H](F)[C@@H](CF)S1. The van der Waals surface area contributed by atoms with Gasteiger partial charge in [-0.15, -0.1) is 11.8 Å². The lowest BCUT2D eigenvalue weighted by Crippen LogP contribution is -2.45. The van der Waals surface area contributed by atoms with Crippen LogP contribution in [0.15, 0.2) is 21.7 Å². The molecular weight excluding hydrogens is 341 g/mol. The Labute approximate surface area is 122 Å². The zero-order valence-corrected chi connectivity index (χ0v) is 12.7. The predicted molar refractivity (Wildman–Crippen MR) is 74.6 cm³/mol. The lowest BCUT2D eigenvalue weighted by molar-refractivity contribution is 0.178. The zero-order valence-electron chi connectivity index (χ0n) is 10.3. The first-order chi connectivity index (χ1) is 8.88.